The van der Waals surface area contributed by atoms with Gasteiger partial charge in [-0.05, 0) is 23.3 Å². The Balaban J connectivity index is 2.34. The van der Waals surface area contributed by atoms with Crippen molar-refractivity contribution in [2.75, 3.05) is 28.4 Å². The molecule has 2 aromatic rings. The van der Waals surface area contributed by atoms with Crippen LogP contribution in [0.2, 0.25) is 0 Å². The fraction of sp³-hybridized carbons (Fsp3) is 0.250. The molecule has 0 aromatic heterocycles. The average molecular weight is 322 g/mol. The highest BCUT2D eigenvalue weighted by atomic mass is 28.4. The van der Waals surface area contributed by atoms with Crippen LogP contribution in [0.5, 0.6) is 5.75 Å². The number of rotatable bonds is 6. The third kappa shape index (κ3) is 3.05. The van der Waals surface area contributed by atoms with Crippen molar-refractivity contribution in [2.45, 2.75) is 0 Å². The van der Waals surface area contributed by atoms with Gasteiger partial charge in [0.15, 0.2) is 11.6 Å². The number of methoxy groups -OCH3 is 1. The van der Waals surface area contributed by atoms with Gasteiger partial charge >= 0.3 is 8.80 Å². The Morgan fingerprint density at radius 1 is 0.773 bits per heavy atom. The first-order valence-corrected chi connectivity index (χ1v) is 8.42. The third-order valence-electron chi connectivity index (χ3n) is 3.53. The van der Waals surface area contributed by atoms with E-state index in [2.05, 4.69) is 0 Å². The van der Waals surface area contributed by atoms with E-state index in [-0.39, 0.29) is 5.75 Å². The molecule has 22 heavy (non-hydrogen) atoms. The molecule has 0 heterocycles. The van der Waals surface area contributed by atoms with Crippen LogP contribution in [0.4, 0.5) is 4.39 Å². The van der Waals surface area contributed by atoms with Crippen molar-refractivity contribution in [1.82, 2.24) is 0 Å². The lowest BCUT2D eigenvalue weighted by Crippen LogP contribution is -2.54. The molecule has 0 aliphatic heterocycles. The van der Waals surface area contributed by atoms with Crippen molar-refractivity contribution in [3.63, 3.8) is 0 Å². The Bertz CT molecular complexity index is 618. The van der Waals surface area contributed by atoms with Gasteiger partial charge in [-0.2, -0.15) is 0 Å². The first-order chi connectivity index (χ1) is 10.6. The molecule has 0 N–H and O–H groups in total. The molecule has 6 heteroatoms. The highest BCUT2D eigenvalue weighted by Crippen LogP contribution is 2.25. The van der Waals surface area contributed by atoms with E-state index < -0.39 is 14.6 Å². The number of ether oxygens (including phenoxy) is 1. The lowest BCUT2D eigenvalue weighted by molar-refractivity contribution is 0.140. The van der Waals surface area contributed by atoms with Gasteiger partial charge in [0.1, 0.15) is 0 Å². The van der Waals surface area contributed by atoms with Crippen LogP contribution in [0, 0.1) is 5.82 Å². The van der Waals surface area contributed by atoms with E-state index in [4.69, 9.17) is 18.0 Å². The number of halogens is 1. The van der Waals surface area contributed by atoms with Crippen LogP contribution in [0.25, 0.3) is 11.1 Å². The minimum absolute atomic E-state index is 0.227. The molecule has 0 atom stereocenters. The van der Waals surface area contributed by atoms with Crippen LogP contribution in [0.1, 0.15) is 0 Å². The van der Waals surface area contributed by atoms with Gasteiger partial charge in [0.25, 0.3) is 0 Å². The summed E-state index contributed by atoms with van der Waals surface area (Å²) in [6.45, 7) is 0. The molecule has 0 amide bonds. The van der Waals surface area contributed by atoms with Gasteiger partial charge in [-0.3, -0.25) is 0 Å². The van der Waals surface area contributed by atoms with Crippen molar-refractivity contribution >= 4 is 14.0 Å². The second kappa shape index (κ2) is 7.02. The van der Waals surface area contributed by atoms with E-state index >= 15 is 0 Å². The molecular formula is C16H19FO4Si. The monoisotopic (exact) mass is 322 g/mol. The molecule has 0 fully saturated rings. The second-order valence-electron chi connectivity index (χ2n) is 4.60. The molecule has 2 aromatic carbocycles. The summed E-state index contributed by atoms with van der Waals surface area (Å²) < 4.78 is 35.0. The Kier molecular flexibility index (Phi) is 5.31. The molecule has 118 valence electrons. The predicted molar refractivity (Wildman–Crippen MR) is 84.8 cm³/mol. The summed E-state index contributed by atoms with van der Waals surface area (Å²) in [5.74, 6) is -0.164. The fourth-order valence-electron chi connectivity index (χ4n) is 2.32. The minimum Gasteiger partial charge on any atom is -0.494 e. The maximum Gasteiger partial charge on any atom is 0.536 e. The quantitative estimate of drug-likeness (QED) is 0.766. The van der Waals surface area contributed by atoms with E-state index in [0.717, 1.165) is 16.3 Å². The number of hydrogen-bond donors (Lipinski definition) is 0. The Morgan fingerprint density at radius 3 is 1.77 bits per heavy atom. The largest absolute Gasteiger partial charge is 0.536 e. The molecule has 0 spiro atoms. The average Bonchev–Trinajstić information content (AvgIpc) is 2.57. The van der Waals surface area contributed by atoms with Crippen LogP contribution in [-0.2, 0) is 13.3 Å². The summed E-state index contributed by atoms with van der Waals surface area (Å²) >= 11 is 0. The Hall–Kier alpha value is -1.73. The zero-order valence-electron chi connectivity index (χ0n) is 13.1. The predicted octanol–water partition coefficient (Wildman–Crippen LogP) is 2.59. The molecule has 0 saturated heterocycles. The summed E-state index contributed by atoms with van der Waals surface area (Å²) in [6.07, 6.45) is 0. The molecule has 4 nitrogen and oxygen atoms in total. The molecule has 0 aliphatic rings. The van der Waals surface area contributed by atoms with Crippen molar-refractivity contribution in [3.8, 4) is 16.9 Å². The Labute approximate surface area is 130 Å². The first kappa shape index (κ1) is 16.6. The summed E-state index contributed by atoms with van der Waals surface area (Å²) in [6, 6.07) is 12.4. The standard InChI is InChI=1S/C16H19FO4Si/c1-18-16-10-7-13(11-15(16)17)12-5-8-14(9-6-12)22(19-2,20-3)21-4/h5-11H,1-4H3. The maximum atomic E-state index is 13.8. The van der Waals surface area contributed by atoms with Crippen LogP contribution >= 0.6 is 0 Å². The van der Waals surface area contributed by atoms with E-state index in [0.29, 0.717) is 0 Å². The topological polar surface area (TPSA) is 36.9 Å². The molecule has 0 unspecified atom stereocenters. The normalized spacial score (nSPS) is 11.5. The van der Waals surface area contributed by atoms with Gasteiger partial charge in [-0.25, -0.2) is 4.39 Å². The third-order valence-corrected chi connectivity index (χ3v) is 6.18. The summed E-state index contributed by atoms with van der Waals surface area (Å²) in [5.41, 5.74) is 1.65. The van der Waals surface area contributed by atoms with Gasteiger partial charge in [0.05, 0.1) is 7.11 Å². The van der Waals surface area contributed by atoms with Gasteiger partial charge in [-0.1, -0.05) is 30.3 Å². The fourth-order valence-corrected chi connectivity index (χ4v) is 4.10. The summed E-state index contributed by atoms with van der Waals surface area (Å²) in [7, 11) is 3.29. The van der Waals surface area contributed by atoms with Gasteiger partial charge in [-0.15, -0.1) is 0 Å². The van der Waals surface area contributed by atoms with Crippen molar-refractivity contribution in [3.05, 3.63) is 48.3 Å². The number of benzene rings is 2. The van der Waals surface area contributed by atoms with Crippen LogP contribution in [0.15, 0.2) is 42.5 Å². The van der Waals surface area contributed by atoms with Crippen LogP contribution in [-0.4, -0.2) is 37.2 Å². The Morgan fingerprint density at radius 2 is 1.32 bits per heavy atom. The SMILES string of the molecule is COc1ccc(-c2ccc([Si](OC)(OC)OC)cc2)cc1F. The van der Waals surface area contributed by atoms with Crippen molar-refractivity contribution < 1.29 is 22.4 Å². The lowest BCUT2D eigenvalue weighted by Gasteiger charge is -2.24. The molecule has 0 bridgehead atoms. The van der Waals surface area contributed by atoms with Gasteiger partial charge < -0.3 is 18.0 Å². The smallest absolute Gasteiger partial charge is 0.494 e. The molecule has 0 saturated carbocycles. The van der Waals surface area contributed by atoms with Crippen LogP contribution < -0.4 is 9.92 Å². The van der Waals surface area contributed by atoms with Gasteiger partial charge in [0, 0.05) is 26.5 Å². The van der Waals surface area contributed by atoms with E-state index in [1.54, 1.807) is 27.4 Å². The zero-order valence-corrected chi connectivity index (χ0v) is 14.1. The second-order valence-corrected chi connectivity index (χ2v) is 7.51. The molecule has 0 aliphatic carbocycles. The van der Waals surface area contributed by atoms with E-state index in [1.807, 2.05) is 30.3 Å². The van der Waals surface area contributed by atoms with Crippen molar-refractivity contribution in [2.24, 2.45) is 0 Å². The molecule has 0 radical (unpaired) electrons. The maximum absolute atomic E-state index is 13.8. The summed E-state index contributed by atoms with van der Waals surface area (Å²) in [4.78, 5) is 0. The van der Waals surface area contributed by atoms with Crippen LogP contribution in [0.3, 0.4) is 0 Å². The van der Waals surface area contributed by atoms with Crippen molar-refractivity contribution in [1.29, 1.82) is 0 Å². The molecule has 2 rings (SSSR count). The van der Waals surface area contributed by atoms with Gasteiger partial charge in [0.2, 0.25) is 0 Å². The number of hydrogen-bond acceptors (Lipinski definition) is 4. The highest BCUT2D eigenvalue weighted by Gasteiger charge is 2.40. The van der Waals surface area contributed by atoms with E-state index in [1.165, 1.54) is 13.2 Å². The zero-order chi connectivity index (χ0) is 16.2. The first-order valence-electron chi connectivity index (χ1n) is 6.70. The lowest BCUT2D eigenvalue weighted by atomic mass is 10.1. The molecular weight excluding hydrogens is 303 g/mol. The summed E-state index contributed by atoms with van der Waals surface area (Å²) in [5, 5.41) is 0.845. The highest BCUT2D eigenvalue weighted by molar-refractivity contribution is 6.75. The van der Waals surface area contributed by atoms with E-state index in [9.17, 15) is 4.39 Å². The minimum atomic E-state index is -2.84.